The summed E-state index contributed by atoms with van der Waals surface area (Å²) in [7, 11) is 2.04. The molecule has 0 aliphatic heterocycles. The smallest absolute Gasteiger partial charge is 0.189 e. The topological polar surface area (TPSA) is 36.1 Å². The molecule has 1 aromatic heterocycles. The van der Waals surface area contributed by atoms with Gasteiger partial charge >= 0.3 is 0 Å². The van der Waals surface area contributed by atoms with E-state index < -0.39 is 0 Å². The summed E-state index contributed by atoms with van der Waals surface area (Å²) in [6, 6.07) is 13.6. The van der Waals surface area contributed by atoms with Crippen molar-refractivity contribution in [3.63, 3.8) is 0 Å². The zero-order valence-electron chi connectivity index (χ0n) is 14.2. The third kappa shape index (κ3) is 3.69. The maximum atomic E-state index is 12.5. The van der Waals surface area contributed by atoms with Gasteiger partial charge < -0.3 is 4.98 Å². The van der Waals surface area contributed by atoms with E-state index >= 15 is 0 Å². The fourth-order valence-electron chi connectivity index (χ4n) is 3.17. The molecule has 0 unspecified atom stereocenters. The number of nitrogens with one attached hydrogen (secondary N) is 1. The average Bonchev–Trinajstić information content (AvgIpc) is 2.48. The molecule has 1 heterocycles. The second-order valence-corrected chi connectivity index (χ2v) is 6.90. The van der Waals surface area contributed by atoms with E-state index in [1.165, 1.54) is 5.56 Å². The van der Waals surface area contributed by atoms with Crippen molar-refractivity contribution in [2.24, 2.45) is 0 Å². The normalized spacial score (nSPS) is 11.4. The van der Waals surface area contributed by atoms with E-state index in [0.29, 0.717) is 6.54 Å². The molecule has 124 valence electrons. The van der Waals surface area contributed by atoms with Crippen LogP contribution < -0.4 is 5.43 Å². The van der Waals surface area contributed by atoms with Gasteiger partial charge in [-0.15, -0.1) is 0 Å². The molecule has 0 saturated heterocycles. The molecule has 0 fully saturated rings. The van der Waals surface area contributed by atoms with Crippen LogP contribution in [-0.2, 0) is 13.1 Å². The van der Waals surface area contributed by atoms with Gasteiger partial charge in [-0.2, -0.15) is 0 Å². The van der Waals surface area contributed by atoms with E-state index in [0.717, 1.165) is 39.3 Å². The molecular weight excluding hydrogens is 320 g/mol. The molecule has 0 aliphatic rings. The number of aromatic amines is 1. The Morgan fingerprint density at radius 3 is 2.46 bits per heavy atom. The highest BCUT2D eigenvalue weighted by Gasteiger charge is 2.08. The Morgan fingerprint density at radius 1 is 1.04 bits per heavy atom. The Balaban J connectivity index is 1.84. The van der Waals surface area contributed by atoms with E-state index in [-0.39, 0.29) is 5.43 Å². The van der Waals surface area contributed by atoms with Crippen molar-refractivity contribution in [1.82, 2.24) is 9.88 Å². The van der Waals surface area contributed by atoms with Gasteiger partial charge in [0, 0.05) is 35.3 Å². The highest BCUT2D eigenvalue weighted by atomic mass is 35.5. The largest absolute Gasteiger partial charge is 0.357 e. The van der Waals surface area contributed by atoms with Gasteiger partial charge in [0.1, 0.15) is 0 Å². The van der Waals surface area contributed by atoms with Crippen LogP contribution in [0, 0.1) is 13.8 Å². The summed E-state index contributed by atoms with van der Waals surface area (Å²) in [6.45, 7) is 5.51. The van der Waals surface area contributed by atoms with E-state index in [1.807, 2.05) is 57.3 Å². The van der Waals surface area contributed by atoms with Crippen molar-refractivity contribution in [3.8, 4) is 0 Å². The maximum absolute atomic E-state index is 12.5. The fraction of sp³-hybridized carbons (Fsp3) is 0.250. The van der Waals surface area contributed by atoms with Crippen molar-refractivity contribution >= 4 is 22.5 Å². The van der Waals surface area contributed by atoms with E-state index in [2.05, 4.69) is 9.88 Å². The minimum atomic E-state index is 0.0798. The van der Waals surface area contributed by atoms with Gasteiger partial charge in [0.2, 0.25) is 0 Å². The summed E-state index contributed by atoms with van der Waals surface area (Å²) in [5.74, 6) is 0. The lowest BCUT2D eigenvalue weighted by Crippen LogP contribution is -2.19. The number of nitrogens with zero attached hydrogens (tertiary/aromatic N) is 1. The molecule has 0 saturated carbocycles. The molecule has 0 radical (unpaired) electrons. The van der Waals surface area contributed by atoms with Crippen LogP contribution in [0.4, 0.5) is 0 Å². The zero-order valence-corrected chi connectivity index (χ0v) is 14.9. The summed E-state index contributed by atoms with van der Waals surface area (Å²) >= 11 is 5.92. The van der Waals surface area contributed by atoms with Crippen LogP contribution in [-0.4, -0.2) is 16.9 Å². The van der Waals surface area contributed by atoms with Crippen LogP contribution in [0.1, 0.15) is 22.4 Å². The maximum Gasteiger partial charge on any atom is 0.189 e. The van der Waals surface area contributed by atoms with Gasteiger partial charge in [-0.05, 0) is 55.8 Å². The van der Waals surface area contributed by atoms with Crippen LogP contribution in [0.25, 0.3) is 10.9 Å². The number of H-pyrrole nitrogens is 1. The van der Waals surface area contributed by atoms with Crippen molar-refractivity contribution in [2.45, 2.75) is 26.9 Å². The third-order valence-corrected chi connectivity index (χ3v) is 4.38. The molecule has 3 aromatic rings. The third-order valence-electron chi connectivity index (χ3n) is 4.13. The number of aromatic nitrogens is 1. The van der Waals surface area contributed by atoms with E-state index in [4.69, 9.17) is 11.6 Å². The van der Waals surface area contributed by atoms with Crippen molar-refractivity contribution in [2.75, 3.05) is 7.05 Å². The number of pyridine rings is 1. The van der Waals surface area contributed by atoms with Crippen LogP contribution in [0.3, 0.4) is 0 Å². The Labute approximate surface area is 146 Å². The number of fused-ring (bicyclic) bond motifs is 1. The predicted octanol–water partition coefficient (Wildman–Crippen LogP) is 4.43. The molecule has 0 atom stereocenters. The second kappa shape index (κ2) is 6.80. The SMILES string of the molecule is Cc1cc(C)c2c(=O)cc(CN(C)Cc3ccc(Cl)cc3)[nH]c2c1. The van der Waals surface area contributed by atoms with Crippen LogP contribution >= 0.6 is 11.6 Å². The Morgan fingerprint density at radius 2 is 1.75 bits per heavy atom. The Hall–Kier alpha value is -2.10. The summed E-state index contributed by atoms with van der Waals surface area (Å²) < 4.78 is 0. The summed E-state index contributed by atoms with van der Waals surface area (Å²) in [6.07, 6.45) is 0. The first-order valence-electron chi connectivity index (χ1n) is 7.98. The first-order valence-corrected chi connectivity index (χ1v) is 8.36. The van der Waals surface area contributed by atoms with Gasteiger partial charge in [0.05, 0.1) is 5.52 Å². The molecule has 0 amide bonds. The number of halogens is 1. The van der Waals surface area contributed by atoms with Crippen molar-refractivity contribution < 1.29 is 0 Å². The Bertz CT molecular complexity index is 929. The lowest BCUT2D eigenvalue weighted by molar-refractivity contribution is 0.315. The van der Waals surface area contributed by atoms with Gasteiger partial charge in [-0.1, -0.05) is 29.8 Å². The van der Waals surface area contributed by atoms with Crippen LogP contribution in [0.5, 0.6) is 0 Å². The van der Waals surface area contributed by atoms with E-state index in [1.54, 1.807) is 6.07 Å². The van der Waals surface area contributed by atoms with Crippen LogP contribution in [0.2, 0.25) is 5.02 Å². The summed E-state index contributed by atoms with van der Waals surface area (Å²) in [5.41, 5.74) is 5.28. The highest BCUT2D eigenvalue weighted by Crippen LogP contribution is 2.17. The van der Waals surface area contributed by atoms with Gasteiger partial charge in [-0.3, -0.25) is 9.69 Å². The molecule has 24 heavy (non-hydrogen) atoms. The number of rotatable bonds is 4. The van der Waals surface area contributed by atoms with Crippen molar-refractivity contribution in [1.29, 1.82) is 0 Å². The monoisotopic (exact) mass is 340 g/mol. The zero-order chi connectivity index (χ0) is 17.3. The van der Waals surface area contributed by atoms with Gasteiger partial charge in [0.15, 0.2) is 5.43 Å². The first-order chi connectivity index (χ1) is 11.4. The molecule has 0 spiro atoms. The number of benzene rings is 2. The lowest BCUT2D eigenvalue weighted by Gasteiger charge is -2.17. The molecule has 0 bridgehead atoms. The predicted molar refractivity (Wildman–Crippen MR) is 101 cm³/mol. The number of hydrogen-bond acceptors (Lipinski definition) is 2. The summed E-state index contributed by atoms with van der Waals surface area (Å²) in [5, 5.41) is 1.52. The standard InChI is InChI=1S/C20H21ClN2O/c1-13-8-14(2)20-18(9-13)22-17(10-19(20)24)12-23(3)11-15-4-6-16(21)7-5-15/h4-10H,11-12H2,1-3H3,(H,22,24). The highest BCUT2D eigenvalue weighted by molar-refractivity contribution is 6.30. The molecular formula is C20H21ClN2O. The molecule has 2 aromatic carbocycles. The number of aryl methyl sites for hydroxylation is 2. The average molecular weight is 341 g/mol. The molecule has 3 nitrogen and oxygen atoms in total. The molecule has 1 N–H and O–H groups in total. The molecule has 0 aliphatic carbocycles. The quantitative estimate of drug-likeness (QED) is 0.762. The fourth-order valence-corrected chi connectivity index (χ4v) is 3.29. The van der Waals surface area contributed by atoms with E-state index in [9.17, 15) is 4.79 Å². The van der Waals surface area contributed by atoms with Gasteiger partial charge in [0.25, 0.3) is 0 Å². The Kier molecular flexibility index (Phi) is 4.74. The lowest BCUT2D eigenvalue weighted by atomic mass is 10.1. The minimum absolute atomic E-state index is 0.0798. The minimum Gasteiger partial charge on any atom is -0.357 e. The molecule has 3 rings (SSSR count). The summed E-state index contributed by atoms with van der Waals surface area (Å²) in [4.78, 5) is 18.0. The number of hydrogen-bond donors (Lipinski definition) is 1. The van der Waals surface area contributed by atoms with Crippen molar-refractivity contribution in [3.05, 3.63) is 80.1 Å². The van der Waals surface area contributed by atoms with Gasteiger partial charge in [-0.25, -0.2) is 0 Å². The first kappa shape index (κ1) is 16.7. The van der Waals surface area contributed by atoms with Crippen LogP contribution in [0.15, 0.2) is 47.3 Å². The molecule has 4 heteroatoms. The second-order valence-electron chi connectivity index (χ2n) is 6.46.